The normalized spacial score (nSPS) is 33.8. The molecule has 2 bridgehead atoms. The zero-order valence-corrected chi connectivity index (χ0v) is 15.2. The van der Waals surface area contributed by atoms with Crippen LogP contribution < -0.4 is 0 Å². The standard InChI is InChI=1S/C22H22O5/c1-3-16-10-7-11-17-12-21(13-18(25-2)19(23)22(16,17)27-21)14-26-20(24)15-8-5-4-6-9-15/h3-9,11,13,16-17H,1,10,12,14H2,2H3/t16-,17-,21+,22-/m1/s1. The number of esters is 1. The zero-order chi connectivity index (χ0) is 19.1. The molecular formula is C22H22O5. The van der Waals surface area contributed by atoms with E-state index in [2.05, 4.69) is 12.7 Å². The van der Waals surface area contributed by atoms with Crippen molar-refractivity contribution in [2.45, 2.75) is 24.0 Å². The average Bonchev–Trinajstić information content (AvgIpc) is 3.01. The Morgan fingerprint density at radius 3 is 2.85 bits per heavy atom. The summed E-state index contributed by atoms with van der Waals surface area (Å²) in [5, 5.41) is 0. The lowest BCUT2D eigenvalue weighted by Crippen LogP contribution is -2.55. The number of allylic oxidation sites excluding steroid dienone is 1. The van der Waals surface area contributed by atoms with Crippen molar-refractivity contribution in [3.8, 4) is 0 Å². The van der Waals surface area contributed by atoms with Crippen molar-refractivity contribution in [1.82, 2.24) is 0 Å². The molecule has 0 radical (unpaired) electrons. The predicted molar refractivity (Wildman–Crippen MR) is 98.9 cm³/mol. The van der Waals surface area contributed by atoms with Gasteiger partial charge in [-0.2, -0.15) is 0 Å². The molecule has 5 heteroatoms. The highest BCUT2D eigenvalue weighted by atomic mass is 16.6. The molecule has 0 unspecified atom stereocenters. The van der Waals surface area contributed by atoms with E-state index in [1.165, 1.54) is 7.11 Å². The molecule has 3 aliphatic rings. The number of hydrogen-bond donors (Lipinski definition) is 0. The molecule has 1 fully saturated rings. The molecule has 1 spiro atoms. The monoisotopic (exact) mass is 366 g/mol. The van der Waals surface area contributed by atoms with Gasteiger partial charge < -0.3 is 14.2 Å². The lowest BCUT2D eigenvalue weighted by Gasteiger charge is -2.43. The van der Waals surface area contributed by atoms with E-state index in [1.807, 2.05) is 12.1 Å². The highest BCUT2D eigenvalue weighted by Gasteiger charge is 2.66. The number of fused-ring (bicyclic) bond motifs is 1. The third-order valence-corrected chi connectivity index (χ3v) is 5.73. The topological polar surface area (TPSA) is 61.8 Å². The average molecular weight is 366 g/mol. The van der Waals surface area contributed by atoms with Gasteiger partial charge in [-0.3, -0.25) is 4.79 Å². The molecule has 1 saturated heterocycles. The molecule has 0 amide bonds. The van der Waals surface area contributed by atoms with Gasteiger partial charge in [0.25, 0.3) is 0 Å². The van der Waals surface area contributed by atoms with Crippen LogP contribution in [0.1, 0.15) is 23.2 Å². The van der Waals surface area contributed by atoms with Gasteiger partial charge in [-0.1, -0.05) is 36.4 Å². The maximum atomic E-state index is 13.1. The van der Waals surface area contributed by atoms with Crippen LogP contribution in [-0.4, -0.2) is 36.7 Å². The number of ether oxygens (including phenoxy) is 3. The van der Waals surface area contributed by atoms with Gasteiger partial charge in [0, 0.05) is 11.8 Å². The molecule has 2 aliphatic heterocycles. The van der Waals surface area contributed by atoms with Crippen molar-refractivity contribution in [2.24, 2.45) is 11.8 Å². The number of ketones is 1. The first kappa shape index (κ1) is 17.7. The van der Waals surface area contributed by atoms with E-state index in [1.54, 1.807) is 36.4 Å². The fraction of sp³-hybridized carbons (Fsp3) is 0.364. The molecular weight excluding hydrogens is 344 g/mol. The smallest absolute Gasteiger partial charge is 0.338 e. The van der Waals surface area contributed by atoms with Crippen molar-refractivity contribution >= 4 is 11.8 Å². The molecule has 27 heavy (non-hydrogen) atoms. The summed E-state index contributed by atoms with van der Waals surface area (Å²) in [6.07, 6.45) is 8.78. The van der Waals surface area contributed by atoms with Crippen LogP contribution in [0.2, 0.25) is 0 Å². The summed E-state index contributed by atoms with van der Waals surface area (Å²) >= 11 is 0. The van der Waals surface area contributed by atoms with Crippen LogP contribution in [0, 0.1) is 11.8 Å². The Morgan fingerprint density at radius 1 is 1.37 bits per heavy atom. The fourth-order valence-electron chi connectivity index (χ4n) is 4.47. The summed E-state index contributed by atoms with van der Waals surface area (Å²) in [7, 11) is 1.48. The number of Topliss-reactive ketones (excluding diaryl/α,β-unsaturated/α-hetero) is 1. The number of rotatable bonds is 5. The van der Waals surface area contributed by atoms with Crippen LogP contribution in [-0.2, 0) is 19.0 Å². The minimum Gasteiger partial charge on any atom is -0.493 e. The van der Waals surface area contributed by atoms with Crippen LogP contribution in [0.15, 0.2) is 67.0 Å². The summed E-state index contributed by atoms with van der Waals surface area (Å²) in [5.74, 6) is -0.572. The van der Waals surface area contributed by atoms with E-state index in [0.717, 1.165) is 0 Å². The van der Waals surface area contributed by atoms with Gasteiger partial charge in [0.05, 0.1) is 12.7 Å². The highest BCUT2D eigenvalue weighted by molar-refractivity contribution is 6.03. The van der Waals surface area contributed by atoms with Gasteiger partial charge in [0.15, 0.2) is 5.76 Å². The first-order valence-corrected chi connectivity index (χ1v) is 9.08. The summed E-state index contributed by atoms with van der Waals surface area (Å²) in [6.45, 7) is 3.92. The van der Waals surface area contributed by atoms with Crippen LogP contribution in [0.25, 0.3) is 0 Å². The Kier molecular flexibility index (Phi) is 4.27. The minimum absolute atomic E-state index is 0.0246. The van der Waals surface area contributed by atoms with E-state index >= 15 is 0 Å². The van der Waals surface area contributed by atoms with E-state index in [9.17, 15) is 9.59 Å². The van der Waals surface area contributed by atoms with Crippen molar-refractivity contribution < 1.29 is 23.8 Å². The Hall–Kier alpha value is -2.66. The molecule has 0 saturated carbocycles. The van der Waals surface area contributed by atoms with Gasteiger partial charge in [-0.25, -0.2) is 4.79 Å². The number of benzene rings is 1. The van der Waals surface area contributed by atoms with Gasteiger partial charge >= 0.3 is 5.97 Å². The first-order valence-electron chi connectivity index (χ1n) is 9.08. The molecule has 4 atom stereocenters. The van der Waals surface area contributed by atoms with Crippen molar-refractivity contribution in [3.05, 3.63) is 72.5 Å². The summed E-state index contributed by atoms with van der Waals surface area (Å²) < 4.78 is 17.3. The summed E-state index contributed by atoms with van der Waals surface area (Å²) in [5.41, 5.74) is -1.44. The van der Waals surface area contributed by atoms with E-state index in [4.69, 9.17) is 14.2 Å². The number of methoxy groups -OCH3 is 1. The molecule has 5 nitrogen and oxygen atoms in total. The van der Waals surface area contributed by atoms with Crippen LogP contribution in [0.5, 0.6) is 0 Å². The molecule has 2 heterocycles. The quantitative estimate of drug-likeness (QED) is 0.591. The number of carbonyl (C=O) groups excluding carboxylic acids is 2. The second-order valence-electron chi connectivity index (χ2n) is 7.26. The second kappa shape index (κ2) is 6.50. The van der Waals surface area contributed by atoms with Gasteiger partial charge in [0.1, 0.15) is 17.8 Å². The number of hydrogen-bond acceptors (Lipinski definition) is 5. The fourth-order valence-corrected chi connectivity index (χ4v) is 4.47. The largest absolute Gasteiger partial charge is 0.493 e. The van der Waals surface area contributed by atoms with Gasteiger partial charge in [-0.05, 0) is 31.1 Å². The third kappa shape index (κ3) is 2.65. The second-order valence-corrected chi connectivity index (χ2v) is 7.26. The minimum atomic E-state index is -1.03. The van der Waals surface area contributed by atoms with Crippen molar-refractivity contribution in [1.29, 1.82) is 0 Å². The molecule has 1 aromatic rings. The summed E-state index contributed by atoms with van der Waals surface area (Å²) in [6, 6.07) is 8.81. The van der Waals surface area contributed by atoms with Crippen molar-refractivity contribution in [2.75, 3.05) is 13.7 Å². The van der Waals surface area contributed by atoms with E-state index in [-0.39, 0.29) is 30.0 Å². The Labute approximate surface area is 158 Å². The molecule has 1 aromatic carbocycles. The molecule has 4 rings (SSSR count). The Bertz CT molecular complexity index is 840. The molecule has 0 N–H and O–H groups in total. The Morgan fingerprint density at radius 2 is 2.15 bits per heavy atom. The first-order chi connectivity index (χ1) is 13.0. The van der Waals surface area contributed by atoms with E-state index in [0.29, 0.717) is 18.4 Å². The third-order valence-electron chi connectivity index (χ3n) is 5.73. The van der Waals surface area contributed by atoms with Gasteiger partial charge in [-0.15, -0.1) is 6.58 Å². The lowest BCUT2D eigenvalue weighted by atomic mass is 9.69. The summed E-state index contributed by atoms with van der Waals surface area (Å²) in [4.78, 5) is 25.5. The maximum Gasteiger partial charge on any atom is 0.338 e. The molecule has 0 aromatic heterocycles. The van der Waals surface area contributed by atoms with Gasteiger partial charge in [0.2, 0.25) is 5.78 Å². The molecule has 140 valence electrons. The maximum absolute atomic E-state index is 13.1. The number of carbonyl (C=O) groups is 2. The SMILES string of the molecule is C=C[C@@H]1CC=C[C@@H]2C[C@@]3(COC(=O)c4ccccc4)C=C(OC)C(=O)[C@@]12O3. The predicted octanol–water partition coefficient (Wildman–Crippen LogP) is 3.23. The van der Waals surface area contributed by atoms with Crippen molar-refractivity contribution in [3.63, 3.8) is 0 Å². The van der Waals surface area contributed by atoms with E-state index < -0.39 is 17.2 Å². The Balaban J connectivity index is 1.65. The van der Waals surface area contributed by atoms with Crippen LogP contribution in [0.4, 0.5) is 0 Å². The zero-order valence-electron chi connectivity index (χ0n) is 15.2. The van der Waals surface area contributed by atoms with Crippen LogP contribution in [0.3, 0.4) is 0 Å². The van der Waals surface area contributed by atoms with Crippen LogP contribution >= 0.6 is 0 Å². The highest BCUT2D eigenvalue weighted by Crippen LogP contribution is 2.55. The lowest BCUT2D eigenvalue weighted by molar-refractivity contribution is -0.169. The molecule has 1 aliphatic carbocycles.